The average molecular weight is 290 g/mol. The molecule has 1 amide bonds. The third-order valence-electron chi connectivity index (χ3n) is 2.52. The van der Waals surface area contributed by atoms with E-state index < -0.39 is 24.3 Å². The Labute approximate surface area is 119 Å². The van der Waals surface area contributed by atoms with Crippen LogP contribution in [0.4, 0.5) is 10.1 Å². The number of aromatic nitrogens is 1. The molecule has 0 aliphatic rings. The maximum absolute atomic E-state index is 13.3. The molecule has 0 unspecified atom stereocenters. The number of amides is 1. The van der Waals surface area contributed by atoms with Gasteiger partial charge in [-0.2, -0.15) is 0 Å². The predicted molar refractivity (Wildman–Crippen MR) is 71.7 cm³/mol. The summed E-state index contributed by atoms with van der Waals surface area (Å²) in [6.07, 6.45) is 2.50. The zero-order valence-corrected chi connectivity index (χ0v) is 10.7. The lowest BCUT2D eigenvalue weighted by Crippen LogP contribution is -2.21. The maximum atomic E-state index is 13.3. The van der Waals surface area contributed by atoms with Gasteiger partial charge in [0.2, 0.25) is 0 Å². The molecule has 7 heteroatoms. The molecule has 0 fully saturated rings. The number of carbonyl (C=O) groups is 2. The van der Waals surface area contributed by atoms with Gasteiger partial charge < -0.3 is 15.2 Å². The van der Waals surface area contributed by atoms with E-state index in [-0.39, 0.29) is 17.0 Å². The molecular formula is C14H11FN2O4. The number of aromatic carboxylic acids is 1. The van der Waals surface area contributed by atoms with Gasteiger partial charge in [-0.25, -0.2) is 9.18 Å². The molecule has 1 heterocycles. The lowest BCUT2D eigenvalue weighted by atomic mass is 10.2. The average Bonchev–Trinajstić information content (AvgIpc) is 2.48. The Hall–Kier alpha value is -2.96. The Morgan fingerprint density at radius 2 is 2.05 bits per heavy atom. The second kappa shape index (κ2) is 6.47. The third-order valence-corrected chi connectivity index (χ3v) is 2.52. The van der Waals surface area contributed by atoms with Gasteiger partial charge in [0.25, 0.3) is 5.91 Å². The van der Waals surface area contributed by atoms with E-state index in [2.05, 4.69) is 10.3 Å². The summed E-state index contributed by atoms with van der Waals surface area (Å²) in [6, 6.07) is 6.94. The van der Waals surface area contributed by atoms with E-state index in [0.29, 0.717) is 0 Å². The Bertz CT molecular complexity index is 676. The molecule has 2 N–H and O–H groups in total. The highest BCUT2D eigenvalue weighted by Crippen LogP contribution is 2.16. The minimum Gasteiger partial charge on any atom is -0.481 e. The van der Waals surface area contributed by atoms with Gasteiger partial charge in [0.15, 0.2) is 12.4 Å². The lowest BCUT2D eigenvalue weighted by Gasteiger charge is -2.09. The molecule has 108 valence electrons. The topological polar surface area (TPSA) is 88.5 Å². The number of carboxylic acids is 1. The first kappa shape index (κ1) is 14.4. The zero-order chi connectivity index (χ0) is 15.2. The highest BCUT2D eigenvalue weighted by atomic mass is 19.1. The van der Waals surface area contributed by atoms with Crippen LogP contribution in [0.15, 0.2) is 42.7 Å². The smallest absolute Gasteiger partial charge is 0.339 e. The van der Waals surface area contributed by atoms with Crippen LogP contribution in [0, 0.1) is 5.82 Å². The Kier molecular flexibility index (Phi) is 4.45. The van der Waals surface area contributed by atoms with Crippen LogP contribution in [0.2, 0.25) is 0 Å². The quantitative estimate of drug-likeness (QED) is 0.878. The predicted octanol–water partition coefficient (Wildman–Crippen LogP) is 1.94. The normalized spacial score (nSPS) is 9.95. The number of para-hydroxylation sites is 1. The van der Waals surface area contributed by atoms with Crippen LogP contribution in [0.5, 0.6) is 5.75 Å². The molecule has 21 heavy (non-hydrogen) atoms. The van der Waals surface area contributed by atoms with Crippen LogP contribution in [-0.2, 0) is 4.79 Å². The summed E-state index contributed by atoms with van der Waals surface area (Å²) in [6.45, 7) is -0.458. The van der Waals surface area contributed by atoms with E-state index >= 15 is 0 Å². The minimum atomic E-state index is -1.19. The monoisotopic (exact) mass is 290 g/mol. The Morgan fingerprint density at radius 3 is 2.76 bits per heavy atom. The van der Waals surface area contributed by atoms with E-state index in [1.54, 1.807) is 6.07 Å². The van der Waals surface area contributed by atoms with Crippen LogP contribution in [-0.4, -0.2) is 28.6 Å². The number of benzene rings is 1. The number of pyridine rings is 1. The summed E-state index contributed by atoms with van der Waals surface area (Å²) in [4.78, 5) is 26.3. The van der Waals surface area contributed by atoms with Crippen molar-refractivity contribution in [1.82, 2.24) is 4.98 Å². The number of hydrogen-bond donors (Lipinski definition) is 2. The molecule has 0 radical (unpaired) electrons. The molecule has 0 aliphatic carbocycles. The van der Waals surface area contributed by atoms with Crippen molar-refractivity contribution in [2.45, 2.75) is 0 Å². The van der Waals surface area contributed by atoms with E-state index in [0.717, 1.165) is 0 Å². The fraction of sp³-hybridized carbons (Fsp3) is 0.0714. The zero-order valence-electron chi connectivity index (χ0n) is 10.7. The molecule has 0 atom stereocenters. The number of rotatable bonds is 5. The standard InChI is InChI=1S/C14H11FN2O4/c15-10-3-1-2-4-11(10)17-13(18)8-21-12-7-16-6-5-9(12)14(19)20/h1-7H,8H2,(H,17,18)(H,19,20). The van der Waals surface area contributed by atoms with E-state index in [1.807, 2.05) is 0 Å². The number of carboxylic acid groups (broad SMARTS) is 1. The summed E-state index contributed by atoms with van der Waals surface area (Å²) in [7, 11) is 0. The van der Waals surface area contributed by atoms with Crippen LogP contribution < -0.4 is 10.1 Å². The van der Waals surface area contributed by atoms with Crippen molar-refractivity contribution < 1.29 is 23.8 Å². The molecule has 1 aromatic heterocycles. The minimum absolute atomic E-state index is 0.0238. The van der Waals surface area contributed by atoms with Crippen LogP contribution in [0.3, 0.4) is 0 Å². The molecule has 0 saturated carbocycles. The van der Waals surface area contributed by atoms with Crippen LogP contribution in [0.1, 0.15) is 10.4 Å². The van der Waals surface area contributed by atoms with Crippen LogP contribution >= 0.6 is 0 Å². The number of hydrogen-bond acceptors (Lipinski definition) is 4. The van der Waals surface area contributed by atoms with Gasteiger partial charge in [-0.05, 0) is 18.2 Å². The first-order chi connectivity index (χ1) is 10.1. The van der Waals surface area contributed by atoms with Crippen molar-refractivity contribution >= 4 is 17.6 Å². The molecule has 0 saturated heterocycles. The number of ether oxygens (including phenoxy) is 1. The van der Waals surface area contributed by atoms with E-state index in [9.17, 15) is 14.0 Å². The second-order valence-corrected chi connectivity index (χ2v) is 3.99. The third kappa shape index (κ3) is 3.75. The maximum Gasteiger partial charge on any atom is 0.339 e. The van der Waals surface area contributed by atoms with Crippen molar-refractivity contribution in [3.63, 3.8) is 0 Å². The van der Waals surface area contributed by atoms with Gasteiger partial charge in [-0.1, -0.05) is 12.1 Å². The lowest BCUT2D eigenvalue weighted by molar-refractivity contribution is -0.118. The summed E-state index contributed by atoms with van der Waals surface area (Å²) >= 11 is 0. The summed E-state index contributed by atoms with van der Waals surface area (Å²) in [5.41, 5.74) is -0.0839. The van der Waals surface area contributed by atoms with Crippen molar-refractivity contribution in [3.05, 3.63) is 54.1 Å². The number of carbonyl (C=O) groups excluding carboxylic acids is 1. The van der Waals surface area contributed by atoms with Crippen molar-refractivity contribution in [2.75, 3.05) is 11.9 Å². The second-order valence-electron chi connectivity index (χ2n) is 3.99. The highest BCUT2D eigenvalue weighted by molar-refractivity contribution is 5.93. The van der Waals surface area contributed by atoms with Gasteiger partial charge >= 0.3 is 5.97 Å². The van der Waals surface area contributed by atoms with Crippen LogP contribution in [0.25, 0.3) is 0 Å². The molecular weight excluding hydrogens is 279 g/mol. The molecule has 1 aromatic carbocycles. The fourth-order valence-corrected chi connectivity index (χ4v) is 1.56. The summed E-state index contributed by atoms with van der Waals surface area (Å²) in [5, 5.41) is 11.3. The van der Waals surface area contributed by atoms with E-state index in [1.165, 1.54) is 36.7 Å². The van der Waals surface area contributed by atoms with Gasteiger partial charge in [0.1, 0.15) is 11.4 Å². The van der Waals surface area contributed by atoms with Gasteiger partial charge in [-0.3, -0.25) is 9.78 Å². The first-order valence-electron chi connectivity index (χ1n) is 5.92. The van der Waals surface area contributed by atoms with Gasteiger partial charge in [0.05, 0.1) is 11.9 Å². The van der Waals surface area contributed by atoms with Crippen molar-refractivity contribution in [3.8, 4) is 5.75 Å². The molecule has 0 spiro atoms. The highest BCUT2D eigenvalue weighted by Gasteiger charge is 2.13. The van der Waals surface area contributed by atoms with E-state index in [4.69, 9.17) is 9.84 Å². The van der Waals surface area contributed by atoms with Crippen molar-refractivity contribution in [2.24, 2.45) is 0 Å². The number of anilines is 1. The molecule has 0 bridgehead atoms. The molecule has 0 aliphatic heterocycles. The summed E-state index contributed by atoms with van der Waals surface area (Å²) in [5.74, 6) is -2.41. The first-order valence-corrected chi connectivity index (χ1v) is 5.92. The molecule has 2 rings (SSSR count). The Morgan fingerprint density at radius 1 is 1.29 bits per heavy atom. The van der Waals surface area contributed by atoms with Crippen molar-refractivity contribution in [1.29, 1.82) is 0 Å². The summed E-state index contributed by atoms with van der Waals surface area (Å²) < 4.78 is 18.4. The number of nitrogens with zero attached hydrogens (tertiary/aromatic N) is 1. The fourth-order valence-electron chi connectivity index (χ4n) is 1.56. The molecule has 2 aromatic rings. The number of nitrogens with one attached hydrogen (secondary N) is 1. The molecule has 6 nitrogen and oxygen atoms in total. The Balaban J connectivity index is 1.99. The van der Waals surface area contributed by atoms with Gasteiger partial charge in [-0.15, -0.1) is 0 Å². The number of halogens is 1. The largest absolute Gasteiger partial charge is 0.481 e. The SMILES string of the molecule is O=C(COc1cnccc1C(=O)O)Nc1ccccc1F. The van der Waals surface area contributed by atoms with Gasteiger partial charge in [0, 0.05) is 6.20 Å².